The van der Waals surface area contributed by atoms with Crippen molar-refractivity contribution in [3.05, 3.63) is 72.7 Å². The molecule has 92 valence electrons. The molecule has 0 aliphatic rings. The molecule has 0 N–H and O–H groups in total. The van der Waals surface area contributed by atoms with Crippen molar-refractivity contribution >= 4 is 21.5 Å². The van der Waals surface area contributed by atoms with Crippen molar-refractivity contribution in [2.45, 2.75) is 6.92 Å². The highest BCUT2D eigenvalue weighted by molar-refractivity contribution is 6.04. The molecule has 0 spiro atoms. The fraction of sp³-hybridized carbons (Fsp3) is 0.0556. The summed E-state index contributed by atoms with van der Waals surface area (Å²) in [6.45, 7) is 5.67. The minimum absolute atomic E-state index is 0.836. The maximum Gasteiger partial charge on any atom is 0.135 e. The largest absolute Gasteiger partial charge is 0.456 e. The molecule has 0 amide bonds. The third-order valence-electron chi connectivity index (χ3n) is 3.40. The summed E-state index contributed by atoms with van der Waals surface area (Å²) < 4.78 is 5.57. The van der Waals surface area contributed by atoms with Gasteiger partial charge in [-0.2, -0.15) is 0 Å². The fourth-order valence-electron chi connectivity index (χ4n) is 2.49. The van der Waals surface area contributed by atoms with E-state index in [2.05, 4.69) is 55.6 Å². The van der Waals surface area contributed by atoms with Gasteiger partial charge in [-0.25, -0.2) is 0 Å². The van der Waals surface area contributed by atoms with Crippen LogP contribution < -0.4 is 4.74 Å². The van der Waals surface area contributed by atoms with Crippen molar-refractivity contribution in [1.29, 1.82) is 0 Å². The molecule has 0 saturated carbocycles. The lowest BCUT2D eigenvalue weighted by molar-refractivity contribution is 0.488. The minimum Gasteiger partial charge on any atom is -0.456 e. The lowest BCUT2D eigenvalue weighted by Gasteiger charge is -2.10. The van der Waals surface area contributed by atoms with Gasteiger partial charge in [0.1, 0.15) is 12.0 Å². The van der Waals surface area contributed by atoms with Gasteiger partial charge in [0.25, 0.3) is 0 Å². The average Bonchev–Trinajstić information content (AvgIpc) is 2.46. The van der Waals surface area contributed by atoms with E-state index in [1.54, 1.807) is 0 Å². The number of hydrogen-bond acceptors (Lipinski definition) is 1. The lowest BCUT2D eigenvalue weighted by Crippen LogP contribution is -1.87. The second kappa shape index (κ2) is 4.64. The molecule has 19 heavy (non-hydrogen) atoms. The van der Waals surface area contributed by atoms with E-state index in [1.165, 1.54) is 28.0 Å². The summed E-state index contributed by atoms with van der Waals surface area (Å²) in [5, 5.41) is 4.84. The van der Waals surface area contributed by atoms with E-state index in [0.29, 0.717) is 0 Å². The van der Waals surface area contributed by atoms with Crippen LogP contribution >= 0.6 is 0 Å². The lowest BCUT2D eigenvalue weighted by atomic mass is 9.97. The Bertz CT molecular complexity index is 808. The molecule has 1 nitrogen and oxygen atoms in total. The molecule has 0 saturated heterocycles. The highest BCUT2D eigenvalue weighted by Crippen LogP contribution is 2.33. The quantitative estimate of drug-likeness (QED) is 0.352. The molecule has 0 aliphatic heterocycles. The zero-order valence-electron chi connectivity index (χ0n) is 10.8. The van der Waals surface area contributed by atoms with Gasteiger partial charge in [0.15, 0.2) is 0 Å². The summed E-state index contributed by atoms with van der Waals surface area (Å²) in [7, 11) is 0. The second-order valence-corrected chi connectivity index (χ2v) is 4.51. The molecule has 0 fully saturated rings. The Labute approximate surface area is 112 Å². The van der Waals surface area contributed by atoms with Gasteiger partial charge in [-0.15, -0.1) is 0 Å². The van der Waals surface area contributed by atoms with Gasteiger partial charge in [-0.1, -0.05) is 48.7 Å². The predicted molar refractivity (Wildman–Crippen MR) is 80.5 cm³/mol. The normalized spacial score (nSPS) is 10.4. The standard InChI is InChI=1S/C18H14O/c1-3-11-19-18-10-6-9-16-13(2)15-8-5-4-7-14(15)12-17(16)18/h4-12H,1H2,2H3. The molecule has 0 aromatic heterocycles. The van der Waals surface area contributed by atoms with Crippen molar-refractivity contribution in [3.63, 3.8) is 0 Å². The molecule has 0 atom stereocenters. The van der Waals surface area contributed by atoms with Crippen LogP contribution in [0.3, 0.4) is 0 Å². The maximum atomic E-state index is 5.57. The van der Waals surface area contributed by atoms with Crippen LogP contribution in [0.5, 0.6) is 5.75 Å². The summed E-state index contributed by atoms with van der Waals surface area (Å²) >= 11 is 0. The first-order valence-electron chi connectivity index (χ1n) is 6.23. The van der Waals surface area contributed by atoms with Crippen molar-refractivity contribution in [3.8, 4) is 5.75 Å². The van der Waals surface area contributed by atoms with E-state index >= 15 is 0 Å². The van der Waals surface area contributed by atoms with Crippen LogP contribution in [0.4, 0.5) is 0 Å². The molecule has 3 rings (SSSR count). The monoisotopic (exact) mass is 246 g/mol. The summed E-state index contributed by atoms with van der Waals surface area (Å²) in [4.78, 5) is 0. The van der Waals surface area contributed by atoms with Gasteiger partial charge in [0, 0.05) is 5.39 Å². The van der Waals surface area contributed by atoms with Gasteiger partial charge >= 0.3 is 0 Å². The molecular formula is C18H14O. The zero-order valence-corrected chi connectivity index (χ0v) is 10.8. The Balaban J connectivity index is 2.40. The van der Waals surface area contributed by atoms with E-state index in [9.17, 15) is 0 Å². The number of ether oxygens (including phenoxy) is 1. The van der Waals surface area contributed by atoms with E-state index < -0.39 is 0 Å². The number of aryl methyl sites for hydroxylation is 1. The molecule has 0 heterocycles. The molecule has 3 aromatic rings. The van der Waals surface area contributed by atoms with Crippen LogP contribution in [-0.2, 0) is 0 Å². The smallest absolute Gasteiger partial charge is 0.135 e. The second-order valence-electron chi connectivity index (χ2n) is 4.51. The van der Waals surface area contributed by atoms with Crippen molar-refractivity contribution in [2.75, 3.05) is 0 Å². The molecule has 0 unspecified atom stereocenters. The van der Waals surface area contributed by atoms with E-state index in [4.69, 9.17) is 4.74 Å². The summed E-state index contributed by atoms with van der Waals surface area (Å²) in [6, 6.07) is 16.7. The molecular weight excluding hydrogens is 232 g/mol. The van der Waals surface area contributed by atoms with Crippen LogP contribution in [-0.4, -0.2) is 0 Å². The van der Waals surface area contributed by atoms with Crippen molar-refractivity contribution < 1.29 is 4.74 Å². The van der Waals surface area contributed by atoms with Crippen LogP contribution in [0.1, 0.15) is 5.56 Å². The van der Waals surface area contributed by atoms with Gasteiger partial charge < -0.3 is 4.74 Å². The highest BCUT2D eigenvalue weighted by atomic mass is 16.5. The summed E-state index contributed by atoms with van der Waals surface area (Å²) in [5.41, 5.74) is 3.91. The summed E-state index contributed by atoms with van der Waals surface area (Å²) in [6.07, 6.45) is 1.49. The Morgan fingerprint density at radius 1 is 1.00 bits per heavy atom. The van der Waals surface area contributed by atoms with Crippen LogP contribution in [0, 0.1) is 6.92 Å². The Hall–Kier alpha value is -2.50. The average molecular weight is 246 g/mol. The number of rotatable bonds is 2. The first-order valence-corrected chi connectivity index (χ1v) is 6.23. The van der Waals surface area contributed by atoms with E-state index in [-0.39, 0.29) is 0 Å². The Kier molecular flexibility index (Phi) is 2.83. The molecule has 3 aromatic carbocycles. The van der Waals surface area contributed by atoms with Gasteiger partial charge in [-0.3, -0.25) is 0 Å². The first kappa shape index (κ1) is 11.6. The maximum absolute atomic E-state index is 5.57. The molecule has 0 bridgehead atoms. The van der Waals surface area contributed by atoms with Crippen LogP contribution in [0.2, 0.25) is 0 Å². The van der Waals surface area contributed by atoms with E-state index in [0.717, 1.165) is 11.1 Å². The highest BCUT2D eigenvalue weighted by Gasteiger charge is 2.07. The summed E-state index contributed by atoms with van der Waals surface area (Å²) in [5.74, 6) is 0.836. The van der Waals surface area contributed by atoms with E-state index in [1.807, 2.05) is 12.1 Å². The topological polar surface area (TPSA) is 9.23 Å². The first-order chi connectivity index (χ1) is 9.31. The Morgan fingerprint density at radius 2 is 1.79 bits per heavy atom. The van der Waals surface area contributed by atoms with Gasteiger partial charge in [0.2, 0.25) is 0 Å². The fourth-order valence-corrected chi connectivity index (χ4v) is 2.49. The third kappa shape index (κ3) is 1.91. The number of hydrogen-bond donors (Lipinski definition) is 0. The van der Waals surface area contributed by atoms with Crippen LogP contribution in [0.15, 0.2) is 67.1 Å². The molecule has 0 aliphatic carbocycles. The van der Waals surface area contributed by atoms with Crippen molar-refractivity contribution in [2.24, 2.45) is 0 Å². The van der Waals surface area contributed by atoms with Crippen LogP contribution in [0.25, 0.3) is 21.5 Å². The Morgan fingerprint density at radius 3 is 2.63 bits per heavy atom. The van der Waals surface area contributed by atoms with Gasteiger partial charge in [0.05, 0.1) is 0 Å². The van der Waals surface area contributed by atoms with Crippen molar-refractivity contribution in [1.82, 2.24) is 0 Å². The third-order valence-corrected chi connectivity index (χ3v) is 3.40. The van der Waals surface area contributed by atoms with Gasteiger partial charge in [-0.05, 0) is 40.8 Å². The molecule has 0 radical (unpaired) electrons. The number of benzene rings is 3. The SMILES string of the molecule is C=C=COc1cccc2c(C)c3ccccc3cc12. The minimum atomic E-state index is 0.836. The number of fused-ring (bicyclic) bond motifs is 2. The predicted octanol–water partition coefficient (Wildman–Crippen LogP) is 4.98. The zero-order chi connectivity index (χ0) is 13.2. The molecule has 1 heteroatoms.